The molecule has 1 aliphatic carbocycles. The molecule has 2 fully saturated rings. The summed E-state index contributed by atoms with van der Waals surface area (Å²) in [7, 11) is 0. The number of nitrogens with zero attached hydrogens (tertiary/aromatic N) is 1. The van der Waals surface area contributed by atoms with Crippen LogP contribution in [-0.2, 0) is 6.54 Å². The lowest BCUT2D eigenvalue weighted by Crippen LogP contribution is -2.55. The van der Waals surface area contributed by atoms with Crippen molar-refractivity contribution >= 4 is 0 Å². The second kappa shape index (κ2) is 4.34. The van der Waals surface area contributed by atoms with Gasteiger partial charge in [-0.05, 0) is 29.9 Å². The topological polar surface area (TPSA) is 27.3 Å². The second-order valence-electron chi connectivity index (χ2n) is 5.66. The Balaban J connectivity index is 1.62. The van der Waals surface area contributed by atoms with Gasteiger partial charge in [0, 0.05) is 32.2 Å². The fourth-order valence-corrected chi connectivity index (χ4v) is 3.34. The first-order chi connectivity index (χ1) is 8.93. The number of piperazine rings is 1. The van der Waals surface area contributed by atoms with Crippen molar-refractivity contribution in [3.63, 3.8) is 0 Å². The zero-order chi connectivity index (χ0) is 11.9. The maximum Gasteiger partial charge on any atom is 0.135 e. The zero-order valence-electron chi connectivity index (χ0n) is 10.7. The molecule has 4 rings (SSSR count). The number of fused-ring (bicyclic) bond motifs is 1. The van der Waals surface area contributed by atoms with E-state index in [9.17, 15) is 0 Å². The smallest absolute Gasteiger partial charge is 0.135 e. The molecular weight excluding hydrogens is 222 g/mol. The van der Waals surface area contributed by atoms with Crippen LogP contribution in [-0.4, -0.2) is 30.6 Å². The average Bonchev–Trinajstić information content (AvgIpc) is 3.18. The molecule has 0 aromatic heterocycles. The van der Waals surface area contributed by atoms with Crippen molar-refractivity contribution in [2.24, 2.45) is 5.92 Å². The Morgan fingerprint density at radius 2 is 2.06 bits per heavy atom. The third kappa shape index (κ3) is 1.78. The first-order valence-corrected chi connectivity index (χ1v) is 7.10. The van der Waals surface area contributed by atoms with Crippen molar-refractivity contribution in [3.05, 3.63) is 41.6 Å². The summed E-state index contributed by atoms with van der Waals surface area (Å²) in [6.07, 6.45) is 4.21. The van der Waals surface area contributed by atoms with Crippen LogP contribution in [0.15, 0.2) is 24.3 Å². The van der Waals surface area contributed by atoms with Crippen LogP contribution in [0.25, 0.3) is 0 Å². The molecule has 1 aromatic carbocycles. The van der Waals surface area contributed by atoms with Gasteiger partial charge in [0.15, 0.2) is 0 Å². The number of hydrogen-bond acceptors (Lipinski definition) is 3. The van der Waals surface area contributed by atoms with Gasteiger partial charge in [-0.2, -0.15) is 0 Å². The van der Waals surface area contributed by atoms with Crippen LogP contribution >= 0.6 is 0 Å². The summed E-state index contributed by atoms with van der Waals surface area (Å²) in [5.74, 6) is 0.917. The van der Waals surface area contributed by atoms with E-state index in [1.807, 2.05) is 0 Å². The van der Waals surface area contributed by atoms with Crippen molar-refractivity contribution in [3.8, 4) is 0 Å². The van der Waals surface area contributed by atoms with E-state index in [4.69, 9.17) is 0 Å². The van der Waals surface area contributed by atoms with Gasteiger partial charge in [-0.25, -0.2) is 0 Å². The van der Waals surface area contributed by atoms with E-state index < -0.39 is 0 Å². The quantitative estimate of drug-likeness (QED) is 0.819. The van der Waals surface area contributed by atoms with Gasteiger partial charge in [-0.15, -0.1) is 0 Å². The molecule has 2 N–H and O–H groups in total. The summed E-state index contributed by atoms with van der Waals surface area (Å²) in [6.45, 7) is 4.39. The molecule has 1 atom stereocenters. The van der Waals surface area contributed by atoms with Crippen molar-refractivity contribution in [1.82, 2.24) is 15.5 Å². The van der Waals surface area contributed by atoms with Gasteiger partial charge in [-0.1, -0.05) is 24.3 Å². The molecule has 2 heterocycles. The summed E-state index contributed by atoms with van der Waals surface area (Å²) in [5.41, 5.74) is 2.87. The fraction of sp³-hybridized carbons (Fsp3) is 0.533. The highest BCUT2D eigenvalue weighted by molar-refractivity contribution is 5.42. The Labute approximate surface area is 109 Å². The number of nitrogens with one attached hydrogen (secondary N) is 2. The average molecular weight is 242 g/mol. The fourth-order valence-electron chi connectivity index (χ4n) is 3.34. The van der Waals surface area contributed by atoms with Crippen LogP contribution in [0.3, 0.4) is 0 Å². The summed E-state index contributed by atoms with van der Waals surface area (Å²) >= 11 is 0. The minimum absolute atomic E-state index is 0.701. The van der Waals surface area contributed by atoms with Crippen molar-refractivity contribution in [1.29, 1.82) is 0 Å². The summed E-state index contributed by atoms with van der Waals surface area (Å²) in [6, 6.07) is 9.49. The van der Waals surface area contributed by atoms with E-state index >= 15 is 0 Å². The molecule has 1 aromatic rings. The van der Waals surface area contributed by atoms with Crippen LogP contribution in [0, 0.1) is 12.1 Å². The molecule has 18 heavy (non-hydrogen) atoms. The molecule has 95 valence electrons. The zero-order valence-corrected chi connectivity index (χ0v) is 10.7. The minimum Gasteiger partial charge on any atom is -0.314 e. The molecule has 3 nitrogen and oxygen atoms in total. The van der Waals surface area contributed by atoms with Crippen LogP contribution in [0.2, 0.25) is 0 Å². The molecule has 2 aliphatic heterocycles. The maximum atomic E-state index is 3.62. The molecule has 1 saturated heterocycles. The molecule has 0 amide bonds. The van der Waals surface area contributed by atoms with Crippen LogP contribution in [0.1, 0.15) is 24.0 Å². The highest BCUT2D eigenvalue weighted by atomic mass is 15.3. The first-order valence-electron chi connectivity index (χ1n) is 7.10. The van der Waals surface area contributed by atoms with Gasteiger partial charge in [-0.3, -0.25) is 10.2 Å². The predicted octanol–water partition coefficient (Wildman–Crippen LogP) is 1.31. The van der Waals surface area contributed by atoms with Crippen LogP contribution in [0.4, 0.5) is 0 Å². The second-order valence-corrected chi connectivity index (χ2v) is 5.66. The Hall–Kier alpha value is -0.900. The third-order valence-corrected chi connectivity index (χ3v) is 4.46. The van der Waals surface area contributed by atoms with E-state index in [0.717, 1.165) is 32.1 Å². The summed E-state index contributed by atoms with van der Waals surface area (Å²) < 4.78 is 0. The molecule has 1 unspecified atom stereocenters. The van der Waals surface area contributed by atoms with Gasteiger partial charge < -0.3 is 5.32 Å². The molecular formula is C15H20N3. The molecule has 1 saturated carbocycles. The normalized spacial score (nSPS) is 29.4. The van der Waals surface area contributed by atoms with E-state index in [2.05, 4.69) is 39.8 Å². The van der Waals surface area contributed by atoms with Gasteiger partial charge >= 0.3 is 0 Å². The van der Waals surface area contributed by atoms with Gasteiger partial charge in [0.1, 0.15) is 6.17 Å². The number of rotatable bonds is 2. The van der Waals surface area contributed by atoms with Crippen LogP contribution in [0.5, 0.6) is 0 Å². The largest absolute Gasteiger partial charge is 0.314 e. The Kier molecular flexibility index (Phi) is 2.64. The molecule has 3 heteroatoms. The van der Waals surface area contributed by atoms with E-state index in [0.29, 0.717) is 6.04 Å². The van der Waals surface area contributed by atoms with Gasteiger partial charge in [0.2, 0.25) is 0 Å². The van der Waals surface area contributed by atoms with Crippen LogP contribution < -0.4 is 10.6 Å². The van der Waals surface area contributed by atoms with Gasteiger partial charge in [0.05, 0.1) is 0 Å². The lowest BCUT2D eigenvalue weighted by Gasteiger charge is -2.40. The Morgan fingerprint density at radius 1 is 1.17 bits per heavy atom. The molecule has 0 bridgehead atoms. The Morgan fingerprint density at radius 3 is 2.94 bits per heavy atom. The van der Waals surface area contributed by atoms with E-state index in [1.54, 1.807) is 0 Å². The lowest BCUT2D eigenvalue weighted by molar-refractivity contribution is 0.149. The van der Waals surface area contributed by atoms with Crippen molar-refractivity contribution < 1.29 is 0 Å². The summed E-state index contributed by atoms with van der Waals surface area (Å²) in [5, 5.41) is 7.17. The molecule has 1 radical (unpaired) electrons. The van der Waals surface area contributed by atoms with E-state index in [1.165, 1.54) is 30.1 Å². The highest BCUT2D eigenvalue weighted by Crippen LogP contribution is 2.39. The highest BCUT2D eigenvalue weighted by Gasteiger charge is 2.41. The standard InChI is InChI=1S/C15H20N3/c1-2-4-13-12(3-1)9-17-15(13)18-8-7-16-10-14(18)11-5-6-11/h1-4,11,14,16-17H,5-10H2. The predicted molar refractivity (Wildman–Crippen MR) is 71.7 cm³/mol. The first kappa shape index (κ1) is 11.0. The van der Waals surface area contributed by atoms with Crippen molar-refractivity contribution in [2.75, 3.05) is 19.6 Å². The SMILES string of the molecule is c1ccc2c(c1)CN[C]2N1CCNCC1C1CC1. The van der Waals surface area contributed by atoms with Crippen molar-refractivity contribution in [2.45, 2.75) is 25.4 Å². The maximum absolute atomic E-state index is 3.62. The summed E-state index contributed by atoms with van der Waals surface area (Å²) in [4.78, 5) is 2.62. The number of benzene rings is 1. The minimum atomic E-state index is 0.701. The van der Waals surface area contributed by atoms with E-state index in [-0.39, 0.29) is 0 Å². The lowest BCUT2D eigenvalue weighted by atomic mass is 10.0. The molecule has 0 spiro atoms. The molecule has 3 aliphatic rings. The Bertz CT molecular complexity index is 441. The number of hydrogen-bond donors (Lipinski definition) is 2. The van der Waals surface area contributed by atoms with Gasteiger partial charge in [0.25, 0.3) is 0 Å². The third-order valence-electron chi connectivity index (χ3n) is 4.46. The monoisotopic (exact) mass is 242 g/mol.